The summed E-state index contributed by atoms with van der Waals surface area (Å²) in [5, 5.41) is 22.6. The minimum atomic E-state index is 0.630. The van der Waals surface area contributed by atoms with Crippen molar-refractivity contribution >= 4 is 23.2 Å². The molecule has 0 saturated heterocycles. The van der Waals surface area contributed by atoms with E-state index in [4.69, 9.17) is 22.0 Å². The molecule has 33 heavy (non-hydrogen) atoms. The fourth-order valence-electron chi connectivity index (χ4n) is 3.86. The molecule has 0 atom stereocenters. The first kappa shape index (κ1) is 21.2. The Kier molecular flexibility index (Phi) is 5.35. The second-order valence-electron chi connectivity index (χ2n) is 8.42. The molecule has 1 aromatic carbocycles. The third kappa shape index (κ3) is 4.08. The van der Waals surface area contributed by atoms with E-state index in [-0.39, 0.29) is 0 Å². The molecule has 0 unspecified atom stereocenters. The van der Waals surface area contributed by atoms with Gasteiger partial charge in [-0.2, -0.15) is 15.5 Å². The molecule has 8 nitrogen and oxygen atoms in total. The predicted molar refractivity (Wildman–Crippen MR) is 127 cm³/mol. The van der Waals surface area contributed by atoms with Crippen LogP contribution in [-0.2, 0) is 6.54 Å². The van der Waals surface area contributed by atoms with E-state index in [0.29, 0.717) is 28.1 Å². The summed E-state index contributed by atoms with van der Waals surface area (Å²) in [6.45, 7) is 6.69. The summed E-state index contributed by atoms with van der Waals surface area (Å²) in [5.41, 5.74) is 5.11. The highest BCUT2D eigenvalue weighted by atomic mass is 35.5. The standard InChI is InChI=1S/C24H23ClN8/c1-14-23(19-8-6-17(11-26)7-9-19)31-32(12-18-4-5-18)24(14)29-20-10-21(28-13-27-20)33-16(3)22(25)15(2)30-33/h6-10,13,18H,4-5,12H2,1-3H3,(H,27,28,29). The van der Waals surface area contributed by atoms with Crippen molar-refractivity contribution in [2.75, 3.05) is 5.32 Å². The molecule has 0 bridgehead atoms. The molecule has 3 heterocycles. The molecule has 1 saturated carbocycles. The average Bonchev–Trinajstić information content (AvgIpc) is 3.56. The van der Waals surface area contributed by atoms with Crippen LogP contribution in [0.25, 0.3) is 17.1 Å². The summed E-state index contributed by atoms with van der Waals surface area (Å²) >= 11 is 6.32. The number of aryl methyl sites for hydroxylation is 1. The molecular weight excluding hydrogens is 436 g/mol. The monoisotopic (exact) mass is 458 g/mol. The quantitative estimate of drug-likeness (QED) is 0.430. The molecule has 0 amide bonds. The fourth-order valence-corrected chi connectivity index (χ4v) is 3.98. The normalized spacial score (nSPS) is 13.2. The van der Waals surface area contributed by atoms with E-state index in [1.54, 1.807) is 4.68 Å². The SMILES string of the molecule is Cc1nn(-c2cc(Nc3c(C)c(-c4ccc(C#N)cc4)nn3CC3CC3)ncn2)c(C)c1Cl. The lowest BCUT2D eigenvalue weighted by Gasteiger charge is -2.11. The van der Waals surface area contributed by atoms with Gasteiger partial charge in [0.1, 0.15) is 18.0 Å². The zero-order valence-corrected chi connectivity index (χ0v) is 19.4. The minimum absolute atomic E-state index is 0.630. The molecule has 166 valence electrons. The molecule has 0 spiro atoms. The second-order valence-corrected chi connectivity index (χ2v) is 8.80. The fraction of sp³-hybridized carbons (Fsp3) is 0.292. The topological polar surface area (TPSA) is 97.2 Å². The molecule has 1 aliphatic rings. The lowest BCUT2D eigenvalue weighted by molar-refractivity contribution is 0.571. The van der Waals surface area contributed by atoms with Crippen LogP contribution in [0.2, 0.25) is 5.02 Å². The Balaban J connectivity index is 1.51. The van der Waals surface area contributed by atoms with Gasteiger partial charge >= 0.3 is 0 Å². The molecule has 1 fully saturated rings. The Morgan fingerprint density at radius 2 is 1.88 bits per heavy atom. The number of anilines is 2. The van der Waals surface area contributed by atoms with Crippen molar-refractivity contribution in [3.05, 3.63) is 64.2 Å². The summed E-state index contributed by atoms with van der Waals surface area (Å²) < 4.78 is 3.75. The van der Waals surface area contributed by atoms with Gasteiger partial charge < -0.3 is 5.32 Å². The number of rotatable bonds is 6. The minimum Gasteiger partial charge on any atom is -0.325 e. The van der Waals surface area contributed by atoms with Crippen molar-refractivity contribution < 1.29 is 0 Å². The van der Waals surface area contributed by atoms with Crippen molar-refractivity contribution in [3.63, 3.8) is 0 Å². The number of benzene rings is 1. The number of nitrogens with zero attached hydrogens (tertiary/aromatic N) is 7. The van der Waals surface area contributed by atoms with Gasteiger partial charge in [-0.1, -0.05) is 23.7 Å². The van der Waals surface area contributed by atoms with Crippen molar-refractivity contribution in [3.8, 4) is 23.1 Å². The highest BCUT2D eigenvalue weighted by Gasteiger charge is 2.25. The zero-order valence-electron chi connectivity index (χ0n) is 18.7. The van der Waals surface area contributed by atoms with E-state index in [1.807, 2.05) is 48.9 Å². The first-order valence-corrected chi connectivity index (χ1v) is 11.2. The van der Waals surface area contributed by atoms with Gasteiger partial charge in [0.2, 0.25) is 0 Å². The molecule has 1 aliphatic carbocycles. The Labute approximate surface area is 196 Å². The first-order valence-electron chi connectivity index (χ1n) is 10.8. The van der Waals surface area contributed by atoms with Crippen LogP contribution in [0.5, 0.6) is 0 Å². The van der Waals surface area contributed by atoms with Gasteiger partial charge in [0.15, 0.2) is 5.82 Å². The molecule has 3 aromatic heterocycles. The first-order chi connectivity index (χ1) is 15.9. The van der Waals surface area contributed by atoms with Crippen LogP contribution in [0.4, 0.5) is 11.6 Å². The van der Waals surface area contributed by atoms with Gasteiger partial charge in [-0.25, -0.2) is 19.3 Å². The average molecular weight is 459 g/mol. The molecule has 9 heteroatoms. The van der Waals surface area contributed by atoms with Crippen LogP contribution in [0.1, 0.15) is 35.4 Å². The maximum Gasteiger partial charge on any atom is 0.159 e. The largest absolute Gasteiger partial charge is 0.325 e. The van der Waals surface area contributed by atoms with Gasteiger partial charge in [-0.3, -0.25) is 0 Å². The summed E-state index contributed by atoms with van der Waals surface area (Å²) in [6, 6.07) is 11.5. The smallest absolute Gasteiger partial charge is 0.159 e. The van der Waals surface area contributed by atoms with Gasteiger partial charge in [-0.05, 0) is 51.7 Å². The van der Waals surface area contributed by atoms with Crippen molar-refractivity contribution in [2.24, 2.45) is 5.92 Å². The molecule has 0 aliphatic heterocycles. The van der Waals surface area contributed by atoms with Crippen molar-refractivity contribution in [2.45, 2.75) is 40.2 Å². The highest BCUT2D eigenvalue weighted by Crippen LogP contribution is 2.35. The number of aromatic nitrogens is 6. The molecule has 1 N–H and O–H groups in total. The van der Waals surface area contributed by atoms with Crippen molar-refractivity contribution in [1.82, 2.24) is 29.5 Å². The lowest BCUT2D eigenvalue weighted by Crippen LogP contribution is -2.09. The summed E-state index contributed by atoms with van der Waals surface area (Å²) in [4.78, 5) is 8.81. The highest BCUT2D eigenvalue weighted by molar-refractivity contribution is 6.31. The van der Waals surface area contributed by atoms with Gasteiger partial charge in [0, 0.05) is 23.7 Å². The Bertz CT molecular complexity index is 1370. The van der Waals surface area contributed by atoms with Crippen LogP contribution in [0.3, 0.4) is 0 Å². The van der Waals surface area contributed by atoms with Crippen LogP contribution >= 0.6 is 11.6 Å². The number of hydrogen-bond donors (Lipinski definition) is 1. The maximum absolute atomic E-state index is 9.11. The van der Waals surface area contributed by atoms with E-state index in [1.165, 1.54) is 19.2 Å². The number of nitrogens with one attached hydrogen (secondary N) is 1. The summed E-state index contributed by atoms with van der Waals surface area (Å²) in [6.07, 6.45) is 3.96. The number of halogens is 1. The predicted octanol–water partition coefficient (Wildman–Crippen LogP) is 5.13. The zero-order chi connectivity index (χ0) is 23.1. The van der Waals surface area contributed by atoms with E-state index >= 15 is 0 Å². The van der Waals surface area contributed by atoms with Crippen LogP contribution in [0.15, 0.2) is 36.7 Å². The Hall–Kier alpha value is -3.70. The van der Waals surface area contributed by atoms with Crippen molar-refractivity contribution in [1.29, 1.82) is 5.26 Å². The second kappa shape index (κ2) is 8.34. The van der Waals surface area contributed by atoms with E-state index in [2.05, 4.69) is 33.4 Å². The molecule has 0 radical (unpaired) electrons. The summed E-state index contributed by atoms with van der Waals surface area (Å²) in [7, 11) is 0. The lowest BCUT2D eigenvalue weighted by atomic mass is 10.1. The Morgan fingerprint density at radius 1 is 1.12 bits per heavy atom. The van der Waals surface area contributed by atoms with Crippen LogP contribution < -0.4 is 5.32 Å². The number of nitriles is 1. The molecule has 4 aromatic rings. The van der Waals surface area contributed by atoms with Crippen LogP contribution in [0, 0.1) is 38.0 Å². The van der Waals surface area contributed by atoms with Gasteiger partial charge in [0.05, 0.1) is 33.7 Å². The van der Waals surface area contributed by atoms with Gasteiger partial charge in [0.25, 0.3) is 0 Å². The third-order valence-corrected chi connectivity index (χ3v) is 6.47. The van der Waals surface area contributed by atoms with E-state index < -0.39 is 0 Å². The molecule has 5 rings (SSSR count). The Morgan fingerprint density at radius 3 is 2.52 bits per heavy atom. The molecular formula is C24H23ClN8. The van der Waals surface area contributed by atoms with E-state index in [9.17, 15) is 0 Å². The summed E-state index contributed by atoms with van der Waals surface area (Å²) in [5.74, 6) is 2.84. The number of hydrogen-bond acceptors (Lipinski definition) is 6. The third-order valence-electron chi connectivity index (χ3n) is 5.92. The van der Waals surface area contributed by atoms with Gasteiger partial charge in [-0.15, -0.1) is 0 Å². The van der Waals surface area contributed by atoms with Crippen LogP contribution in [-0.4, -0.2) is 29.5 Å². The van der Waals surface area contributed by atoms with E-state index in [0.717, 1.165) is 40.6 Å². The maximum atomic E-state index is 9.11.